The number of likely N-dealkylation sites (tertiary alicyclic amines) is 1. The first-order valence-corrected chi connectivity index (χ1v) is 8.19. The molecule has 0 spiro atoms. The third-order valence-electron chi connectivity index (χ3n) is 4.05. The summed E-state index contributed by atoms with van der Waals surface area (Å²) in [4.78, 5) is 14.7. The lowest BCUT2D eigenvalue weighted by Gasteiger charge is -2.24. The molecule has 2 aromatic carbocycles. The lowest BCUT2D eigenvalue weighted by molar-refractivity contribution is -0.125. The van der Waals surface area contributed by atoms with Crippen molar-refractivity contribution in [3.05, 3.63) is 65.2 Å². The molecule has 23 heavy (non-hydrogen) atoms. The maximum absolute atomic E-state index is 12.5. The zero-order valence-corrected chi connectivity index (χ0v) is 13.6. The van der Waals surface area contributed by atoms with Gasteiger partial charge in [0.2, 0.25) is 0 Å². The molecule has 1 atom stereocenters. The summed E-state index contributed by atoms with van der Waals surface area (Å²) in [5.41, 5.74) is 7.74. The van der Waals surface area contributed by atoms with Crippen LogP contribution in [0.25, 0.3) is 0 Å². The van der Waals surface area contributed by atoms with E-state index >= 15 is 0 Å². The van der Waals surface area contributed by atoms with Gasteiger partial charge in [-0.3, -0.25) is 20.5 Å². The summed E-state index contributed by atoms with van der Waals surface area (Å²) in [5, 5.41) is 0.635. The fourth-order valence-electron chi connectivity index (χ4n) is 2.91. The van der Waals surface area contributed by atoms with Gasteiger partial charge in [0, 0.05) is 11.6 Å². The van der Waals surface area contributed by atoms with Gasteiger partial charge in [-0.25, -0.2) is 0 Å². The molecule has 0 bridgehead atoms. The van der Waals surface area contributed by atoms with Crippen molar-refractivity contribution in [1.29, 1.82) is 0 Å². The Hall–Kier alpha value is -2.04. The summed E-state index contributed by atoms with van der Waals surface area (Å²) in [6.45, 7) is 1.75. The van der Waals surface area contributed by atoms with Crippen LogP contribution in [-0.4, -0.2) is 23.4 Å². The van der Waals surface area contributed by atoms with Crippen molar-refractivity contribution in [1.82, 2.24) is 10.3 Å². The number of benzene rings is 2. The van der Waals surface area contributed by atoms with Gasteiger partial charge in [0.15, 0.2) is 0 Å². The highest BCUT2D eigenvalue weighted by atomic mass is 35.5. The maximum atomic E-state index is 12.5. The van der Waals surface area contributed by atoms with E-state index in [2.05, 4.69) is 27.9 Å². The second-order valence-electron chi connectivity index (χ2n) is 5.74. The van der Waals surface area contributed by atoms with Crippen molar-refractivity contribution < 1.29 is 4.79 Å². The Morgan fingerprint density at radius 1 is 1.17 bits per heavy atom. The average molecular weight is 330 g/mol. The molecule has 1 saturated heterocycles. The second-order valence-corrected chi connectivity index (χ2v) is 6.18. The average Bonchev–Trinajstić information content (AvgIpc) is 3.02. The zero-order chi connectivity index (χ0) is 16.1. The summed E-state index contributed by atoms with van der Waals surface area (Å²) in [6, 6.07) is 17.4. The van der Waals surface area contributed by atoms with Crippen LogP contribution in [-0.2, 0) is 11.3 Å². The van der Waals surface area contributed by atoms with Gasteiger partial charge < -0.3 is 0 Å². The van der Waals surface area contributed by atoms with E-state index in [-0.39, 0.29) is 11.9 Å². The largest absolute Gasteiger partial charge is 0.299 e. The number of halogens is 1. The number of nitrogens with one attached hydrogen (secondary N) is 2. The first-order valence-electron chi connectivity index (χ1n) is 7.82. The number of nitrogens with zero attached hydrogens (tertiary/aromatic N) is 1. The Morgan fingerprint density at radius 3 is 2.78 bits per heavy atom. The Kier molecular flexibility index (Phi) is 5.16. The van der Waals surface area contributed by atoms with Gasteiger partial charge in [-0.15, -0.1) is 0 Å². The third-order valence-corrected chi connectivity index (χ3v) is 4.28. The fraction of sp³-hybridized carbons (Fsp3) is 0.278. The SMILES string of the molecule is O=C(NNc1cccc(Cl)c1)C1CCCN1Cc1ccccc1. The highest BCUT2D eigenvalue weighted by Gasteiger charge is 2.30. The Morgan fingerprint density at radius 2 is 2.00 bits per heavy atom. The molecule has 120 valence electrons. The van der Waals surface area contributed by atoms with Crippen LogP contribution < -0.4 is 10.9 Å². The molecule has 2 N–H and O–H groups in total. The maximum Gasteiger partial charge on any atom is 0.255 e. The van der Waals surface area contributed by atoms with E-state index < -0.39 is 0 Å². The molecule has 0 aromatic heterocycles. The molecule has 1 unspecified atom stereocenters. The highest BCUT2D eigenvalue weighted by molar-refractivity contribution is 6.30. The van der Waals surface area contributed by atoms with Crippen LogP contribution in [0, 0.1) is 0 Å². The van der Waals surface area contributed by atoms with Gasteiger partial charge >= 0.3 is 0 Å². The smallest absolute Gasteiger partial charge is 0.255 e. The van der Waals surface area contributed by atoms with Crippen molar-refractivity contribution in [2.75, 3.05) is 12.0 Å². The molecule has 0 aliphatic carbocycles. The summed E-state index contributed by atoms with van der Waals surface area (Å²) in [6.07, 6.45) is 1.93. The van der Waals surface area contributed by atoms with Gasteiger partial charge in [0.25, 0.3) is 5.91 Å². The Labute approximate surface area is 141 Å². The van der Waals surface area contributed by atoms with Crippen molar-refractivity contribution in [3.63, 3.8) is 0 Å². The van der Waals surface area contributed by atoms with E-state index in [1.807, 2.05) is 30.3 Å². The van der Waals surface area contributed by atoms with Gasteiger partial charge in [0.05, 0.1) is 11.7 Å². The number of amides is 1. The van der Waals surface area contributed by atoms with Crippen molar-refractivity contribution in [2.24, 2.45) is 0 Å². The molecule has 0 saturated carbocycles. The normalized spacial score (nSPS) is 17.9. The topological polar surface area (TPSA) is 44.4 Å². The lowest BCUT2D eigenvalue weighted by Crippen LogP contribution is -2.44. The van der Waals surface area contributed by atoms with Crippen LogP contribution in [0.2, 0.25) is 5.02 Å². The number of hydrogen-bond acceptors (Lipinski definition) is 3. The van der Waals surface area contributed by atoms with E-state index in [0.717, 1.165) is 31.6 Å². The number of carbonyl (C=O) groups excluding carboxylic acids is 1. The number of hydrazine groups is 1. The molecule has 5 heteroatoms. The van der Waals surface area contributed by atoms with Crippen LogP contribution in [0.3, 0.4) is 0 Å². The van der Waals surface area contributed by atoms with Crippen molar-refractivity contribution in [3.8, 4) is 0 Å². The molecule has 1 amide bonds. The first kappa shape index (κ1) is 15.8. The summed E-state index contributed by atoms with van der Waals surface area (Å²) >= 11 is 5.94. The van der Waals surface area contributed by atoms with E-state index in [9.17, 15) is 4.79 Å². The summed E-state index contributed by atoms with van der Waals surface area (Å²) < 4.78 is 0. The molecule has 2 aromatic rings. The minimum Gasteiger partial charge on any atom is -0.299 e. The van der Waals surface area contributed by atoms with Crippen molar-refractivity contribution >= 4 is 23.2 Å². The molecule has 1 fully saturated rings. The van der Waals surface area contributed by atoms with Crippen molar-refractivity contribution in [2.45, 2.75) is 25.4 Å². The predicted octanol–water partition coefficient (Wildman–Crippen LogP) is 3.45. The molecular weight excluding hydrogens is 310 g/mol. The summed E-state index contributed by atoms with van der Waals surface area (Å²) in [7, 11) is 0. The van der Waals surface area contributed by atoms with Gasteiger partial charge in [-0.2, -0.15) is 0 Å². The number of carbonyl (C=O) groups is 1. The number of rotatable bonds is 5. The van der Waals surface area contributed by atoms with Crippen LogP contribution >= 0.6 is 11.6 Å². The molecular formula is C18H20ClN3O. The van der Waals surface area contributed by atoms with E-state index in [4.69, 9.17) is 11.6 Å². The van der Waals surface area contributed by atoms with Gasteiger partial charge in [-0.05, 0) is 43.1 Å². The van der Waals surface area contributed by atoms with Crippen LogP contribution in [0.5, 0.6) is 0 Å². The minimum absolute atomic E-state index is 0.00148. The molecule has 0 radical (unpaired) electrons. The lowest BCUT2D eigenvalue weighted by atomic mass is 10.2. The van der Waals surface area contributed by atoms with E-state index in [0.29, 0.717) is 5.02 Å². The fourth-order valence-corrected chi connectivity index (χ4v) is 3.10. The quantitative estimate of drug-likeness (QED) is 0.826. The number of hydrogen-bond donors (Lipinski definition) is 2. The monoisotopic (exact) mass is 329 g/mol. The van der Waals surface area contributed by atoms with Gasteiger partial charge in [0.1, 0.15) is 0 Å². The van der Waals surface area contributed by atoms with Crippen LogP contribution in [0.15, 0.2) is 54.6 Å². The zero-order valence-electron chi connectivity index (χ0n) is 12.8. The molecule has 1 aliphatic rings. The molecule has 1 aliphatic heterocycles. The van der Waals surface area contributed by atoms with E-state index in [1.54, 1.807) is 12.1 Å². The molecule has 1 heterocycles. The third kappa shape index (κ3) is 4.24. The first-order chi connectivity index (χ1) is 11.2. The summed E-state index contributed by atoms with van der Waals surface area (Å²) in [5.74, 6) is -0.00148. The number of anilines is 1. The molecule has 3 rings (SSSR count). The van der Waals surface area contributed by atoms with Gasteiger partial charge in [-0.1, -0.05) is 48.0 Å². The van der Waals surface area contributed by atoms with E-state index in [1.165, 1.54) is 5.56 Å². The van der Waals surface area contributed by atoms with Crippen LogP contribution in [0.1, 0.15) is 18.4 Å². The highest BCUT2D eigenvalue weighted by Crippen LogP contribution is 2.20. The standard InChI is InChI=1S/C18H20ClN3O/c19-15-8-4-9-16(12-15)20-21-18(23)17-10-5-11-22(17)13-14-6-2-1-3-7-14/h1-4,6-9,12,17,20H,5,10-11,13H2,(H,21,23). The van der Waals surface area contributed by atoms with Crippen LogP contribution in [0.4, 0.5) is 5.69 Å². The predicted molar refractivity (Wildman–Crippen MR) is 93.1 cm³/mol. The Bertz CT molecular complexity index is 662. The second kappa shape index (κ2) is 7.49. The minimum atomic E-state index is -0.0955. The Balaban J connectivity index is 1.57. The molecule has 4 nitrogen and oxygen atoms in total.